The van der Waals surface area contributed by atoms with Crippen molar-refractivity contribution in [3.8, 4) is 0 Å². The summed E-state index contributed by atoms with van der Waals surface area (Å²) in [5.41, 5.74) is 0.901. The number of rotatable bonds is 9. The molecule has 0 unspecified atom stereocenters. The van der Waals surface area contributed by atoms with E-state index in [2.05, 4.69) is 22.2 Å². The quantitative estimate of drug-likeness (QED) is 0.682. The first-order chi connectivity index (χ1) is 8.80. The lowest BCUT2D eigenvalue weighted by Gasteiger charge is -2.09. The van der Waals surface area contributed by atoms with Crippen LogP contribution in [-0.2, 0) is 22.5 Å². The van der Waals surface area contributed by atoms with E-state index in [9.17, 15) is 0 Å². The van der Waals surface area contributed by atoms with E-state index in [1.807, 2.05) is 13.0 Å². The Kier molecular flexibility index (Phi) is 7.29. The lowest BCUT2D eigenvalue weighted by Crippen LogP contribution is -2.09. The summed E-state index contributed by atoms with van der Waals surface area (Å²) in [6, 6.07) is 1.93. The average Bonchev–Trinajstić information content (AvgIpc) is 2.37. The summed E-state index contributed by atoms with van der Waals surface area (Å²) in [6.07, 6.45) is 1.80. The van der Waals surface area contributed by atoms with Crippen LogP contribution in [0.2, 0.25) is 0 Å². The fourth-order valence-corrected chi connectivity index (χ4v) is 1.54. The monoisotopic (exact) mass is 253 g/mol. The fraction of sp³-hybridized carbons (Fsp3) is 0.692. The van der Waals surface area contributed by atoms with Gasteiger partial charge >= 0.3 is 0 Å². The first-order valence-electron chi connectivity index (χ1n) is 6.47. The predicted molar refractivity (Wildman–Crippen MR) is 71.7 cm³/mol. The van der Waals surface area contributed by atoms with Crippen LogP contribution in [0, 0.1) is 0 Å². The highest BCUT2D eigenvalue weighted by Crippen LogP contribution is 2.08. The van der Waals surface area contributed by atoms with E-state index >= 15 is 0 Å². The summed E-state index contributed by atoms with van der Waals surface area (Å²) in [7, 11) is 1.67. The van der Waals surface area contributed by atoms with E-state index in [1.165, 1.54) is 0 Å². The molecular formula is C13H23N3O2. The van der Waals surface area contributed by atoms with Crippen LogP contribution < -0.4 is 5.32 Å². The first-order valence-corrected chi connectivity index (χ1v) is 6.47. The van der Waals surface area contributed by atoms with E-state index in [4.69, 9.17) is 9.47 Å². The molecule has 5 nitrogen and oxygen atoms in total. The Balaban J connectivity index is 2.70. The average molecular weight is 253 g/mol. The van der Waals surface area contributed by atoms with Gasteiger partial charge in [0.2, 0.25) is 0 Å². The van der Waals surface area contributed by atoms with Crippen LogP contribution in [-0.4, -0.2) is 36.8 Å². The molecule has 1 heterocycles. The molecule has 0 saturated carbocycles. The van der Waals surface area contributed by atoms with Gasteiger partial charge in [0.15, 0.2) is 0 Å². The summed E-state index contributed by atoms with van der Waals surface area (Å²) >= 11 is 0. The predicted octanol–water partition coefficient (Wildman–Crippen LogP) is 2.02. The molecule has 0 aliphatic heterocycles. The summed E-state index contributed by atoms with van der Waals surface area (Å²) < 4.78 is 10.4. The van der Waals surface area contributed by atoms with Gasteiger partial charge in [-0.3, -0.25) is 0 Å². The van der Waals surface area contributed by atoms with Crippen LogP contribution in [0.15, 0.2) is 6.07 Å². The minimum absolute atomic E-state index is 0.505. The van der Waals surface area contributed by atoms with Gasteiger partial charge in [0.1, 0.15) is 11.6 Å². The van der Waals surface area contributed by atoms with E-state index < -0.39 is 0 Å². The molecule has 1 rings (SSSR count). The zero-order valence-electron chi connectivity index (χ0n) is 11.5. The second kappa shape index (κ2) is 8.83. The standard InChI is InChI=1S/C13H23N3O2/c1-4-7-14-13-9-11(10-17-3)15-12(16-13)6-8-18-5-2/h9H,4-8,10H2,1-3H3,(H,14,15,16). The Morgan fingerprint density at radius 1 is 1.28 bits per heavy atom. The minimum atomic E-state index is 0.505. The molecule has 0 aliphatic carbocycles. The number of ether oxygens (including phenoxy) is 2. The van der Waals surface area contributed by atoms with Crippen molar-refractivity contribution in [2.24, 2.45) is 0 Å². The van der Waals surface area contributed by atoms with Crippen LogP contribution in [0.1, 0.15) is 31.8 Å². The topological polar surface area (TPSA) is 56.3 Å². The summed E-state index contributed by atoms with van der Waals surface area (Å²) in [6.45, 7) is 6.90. The molecule has 0 atom stereocenters. The third kappa shape index (κ3) is 5.42. The van der Waals surface area contributed by atoms with Gasteiger partial charge in [-0.1, -0.05) is 6.92 Å². The van der Waals surface area contributed by atoms with E-state index in [0.717, 1.165) is 43.3 Å². The lowest BCUT2D eigenvalue weighted by molar-refractivity contribution is 0.149. The molecule has 0 bridgehead atoms. The highest BCUT2D eigenvalue weighted by molar-refractivity contribution is 5.35. The number of nitrogens with one attached hydrogen (secondary N) is 1. The Hall–Kier alpha value is -1.20. The molecule has 0 spiro atoms. The Labute approximate surface area is 109 Å². The Morgan fingerprint density at radius 3 is 2.78 bits per heavy atom. The number of methoxy groups -OCH3 is 1. The van der Waals surface area contributed by atoms with Gasteiger partial charge in [-0.25, -0.2) is 9.97 Å². The summed E-state index contributed by atoms with van der Waals surface area (Å²) in [5.74, 6) is 1.67. The molecule has 18 heavy (non-hydrogen) atoms. The molecule has 1 N–H and O–H groups in total. The molecule has 0 amide bonds. The maximum atomic E-state index is 5.33. The van der Waals surface area contributed by atoms with E-state index in [0.29, 0.717) is 13.2 Å². The molecule has 1 aromatic heterocycles. The largest absolute Gasteiger partial charge is 0.381 e. The van der Waals surface area contributed by atoms with Crippen LogP contribution in [0.5, 0.6) is 0 Å². The normalized spacial score (nSPS) is 10.6. The van der Waals surface area contributed by atoms with Crippen LogP contribution in [0.4, 0.5) is 5.82 Å². The first kappa shape index (κ1) is 14.9. The van der Waals surface area contributed by atoms with Gasteiger partial charge in [-0.2, -0.15) is 0 Å². The number of hydrogen-bond donors (Lipinski definition) is 1. The Morgan fingerprint density at radius 2 is 2.11 bits per heavy atom. The van der Waals surface area contributed by atoms with Crippen molar-refractivity contribution < 1.29 is 9.47 Å². The van der Waals surface area contributed by atoms with Crippen molar-refractivity contribution in [3.63, 3.8) is 0 Å². The van der Waals surface area contributed by atoms with Crippen molar-refractivity contribution in [1.82, 2.24) is 9.97 Å². The SMILES string of the molecule is CCCNc1cc(COC)nc(CCOCC)n1. The lowest BCUT2D eigenvalue weighted by atomic mass is 10.3. The number of anilines is 1. The van der Waals surface area contributed by atoms with Gasteiger partial charge < -0.3 is 14.8 Å². The maximum absolute atomic E-state index is 5.33. The molecule has 0 aliphatic rings. The van der Waals surface area contributed by atoms with Crippen LogP contribution in [0.25, 0.3) is 0 Å². The van der Waals surface area contributed by atoms with Crippen LogP contribution >= 0.6 is 0 Å². The van der Waals surface area contributed by atoms with E-state index in [1.54, 1.807) is 7.11 Å². The van der Waals surface area contributed by atoms with Crippen molar-refractivity contribution in [2.75, 3.05) is 32.2 Å². The molecule has 0 radical (unpaired) electrons. The number of nitrogens with zero attached hydrogens (tertiary/aromatic N) is 2. The second-order valence-electron chi connectivity index (χ2n) is 3.97. The van der Waals surface area contributed by atoms with Gasteiger partial charge in [-0.05, 0) is 13.3 Å². The van der Waals surface area contributed by atoms with Gasteiger partial charge in [0.05, 0.1) is 18.9 Å². The van der Waals surface area contributed by atoms with Crippen LogP contribution in [0.3, 0.4) is 0 Å². The molecular weight excluding hydrogens is 230 g/mol. The minimum Gasteiger partial charge on any atom is -0.381 e. The van der Waals surface area contributed by atoms with Crippen molar-refractivity contribution in [2.45, 2.75) is 33.3 Å². The number of hydrogen-bond acceptors (Lipinski definition) is 5. The summed E-state index contributed by atoms with van der Waals surface area (Å²) in [5, 5.41) is 3.28. The van der Waals surface area contributed by atoms with Crippen molar-refractivity contribution in [3.05, 3.63) is 17.6 Å². The maximum Gasteiger partial charge on any atom is 0.133 e. The molecule has 0 fully saturated rings. The molecule has 102 valence electrons. The smallest absolute Gasteiger partial charge is 0.133 e. The van der Waals surface area contributed by atoms with Gasteiger partial charge in [0, 0.05) is 32.7 Å². The molecule has 0 aromatic carbocycles. The fourth-order valence-electron chi connectivity index (χ4n) is 1.54. The van der Waals surface area contributed by atoms with E-state index in [-0.39, 0.29) is 0 Å². The van der Waals surface area contributed by atoms with Gasteiger partial charge in [-0.15, -0.1) is 0 Å². The summed E-state index contributed by atoms with van der Waals surface area (Å²) in [4.78, 5) is 8.91. The second-order valence-corrected chi connectivity index (χ2v) is 3.97. The third-order valence-electron chi connectivity index (χ3n) is 2.35. The van der Waals surface area contributed by atoms with Crippen molar-refractivity contribution in [1.29, 1.82) is 0 Å². The van der Waals surface area contributed by atoms with Gasteiger partial charge in [0.25, 0.3) is 0 Å². The highest BCUT2D eigenvalue weighted by atomic mass is 16.5. The molecule has 1 aromatic rings. The Bertz CT molecular complexity index is 345. The van der Waals surface area contributed by atoms with Crippen molar-refractivity contribution >= 4 is 5.82 Å². The zero-order valence-corrected chi connectivity index (χ0v) is 11.5. The number of aromatic nitrogens is 2. The molecule has 0 saturated heterocycles. The zero-order chi connectivity index (χ0) is 13.2. The third-order valence-corrected chi connectivity index (χ3v) is 2.35. The molecule has 5 heteroatoms. The highest BCUT2D eigenvalue weighted by Gasteiger charge is 2.04.